The Kier molecular flexibility index (Phi) is 3.32. The summed E-state index contributed by atoms with van der Waals surface area (Å²) in [6.45, 7) is 1.30. The van der Waals surface area contributed by atoms with Gasteiger partial charge in [0.25, 0.3) is 5.56 Å². The average molecular weight is 313 g/mol. The molecule has 6 heteroatoms. The van der Waals surface area contributed by atoms with E-state index < -0.39 is 6.09 Å². The van der Waals surface area contributed by atoms with Crippen LogP contribution in [-0.2, 0) is 19.5 Å². The van der Waals surface area contributed by atoms with E-state index in [0.717, 1.165) is 29.4 Å². The van der Waals surface area contributed by atoms with E-state index in [2.05, 4.69) is 4.98 Å². The molecule has 120 valence electrons. The molecule has 1 saturated carbocycles. The number of fused-ring (bicyclic) bond motifs is 3. The smallest absolute Gasteiger partial charge is 0.407 e. The van der Waals surface area contributed by atoms with E-state index in [0.29, 0.717) is 31.0 Å². The van der Waals surface area contributed by atoms with Crippen molar-refractivity contribution in [2.45, 2.75) is 38.8 Å². The van der Waals surface area contributed by atoms with Crippen molar-refractivity contribution in [3.63, 3.8) is 0 Å². The summed E-state index contributed by atoms with van der Waals surface area (Å²) >= 11 is 0. The van der Waals surface area contributed by atoms with E-state index in [-0.39, 0.29) is 12.1 Å². The maximum atomic E-state index is 13.0. The third kappa shape index (κ3) is 2.29. The Labute approximate surface area is 133 Å². The monoisotopic (exact) mass is 313 g/mol. The summed E-state index contributed by atoms with van der Waals surface area (Å²) in [5.41, 5.74) is 2.27. The molecule has 0 bridgehead atoms. The van der Waals surface area contributed by atoms with Crippen LogP contribution in [0, 0.1) is 5.92 Å². The number of rotatable bonds is 2. The van der Waals surface area contributed by atoms with Gasteiger partial charge in [-0.1, -0.05) is 6.42 Å². The van der Waals surface area contributed by atoms with Crippen molar-refractivity contribution >= 4 is 17.1 Å². The molecule has 1 N–H and O–H groups in total. The van der Waals surface area contributed by atoms with Gasteiger partial charge in [0.15, 0.2) is 0 Å². The molecule has 0 atom stereocenters. The number of carboxylic acid groups (broad SMARTS) is 1. The second kappa shape index (κ2) is 5.37. The van der Waals surface area contributed by atoms with Crippen molar-refractivity contribution in [2.24, 2.45) is 5.92 Å². The first kappa shape index (κ1) is 14.2. The van der Waals surface area contributed by atoms with Gasteiger partial charge in [-0.05, 0) is 42.9 Å². The fourth-order valence-corrected chi connectivity index (χ4v) is 3.63. The number of pyridine rings is 2. The van der Waals surface area contributed by atoms with Crippen LogP contribution in [0.3, 0.4) is 0 Å². The van der Waals surface area contributed by atoms with Crippen LogP contribution in [0.1, 0.15) is 30.4 Å². The van der Waals surface area contributed by atoms with Gasteiger partial charge in [0.2, 0.25) is 0 Å². The average Bonchev–Trinajstić information content (AvgIpc) is 2.52. The van der Waals surface area contributed by atoms with Gasteiger partial charge in [-0.15, -0.1) is 0 Å². The number of amides is 1. The predicted octanol–water partition coefficient (Wildman–Crippen LogP) is 2.23. The number of hydrogen-bond acceptors (Lipinski definition) is 3. The number of hydrogen-bond donors (Lipinski definition) is 1. The molecule has 0 saturated heterocycles. The van der Waals surface area contributed by atoms with Crippen LogP contribution in [-0.4, -0.2) is 32.2 Å². The fraction of sp³-hybridized carbons (Fsp3) is 0.471. The fourth-order valence-electron chi connectivity index (χ4n) is 3.63. The minimum atomic E-state index is -0.966. The summed E-state index contributed by atoms with van der Waals surface area (Å²) in [7, 11) is 0. The van der Waals surface area contributed by atoms with Crippen LogP contribution >= 0.6 is 0 Å². The molecule has 3 heterocycles. The van der Waals surface area contributed by atoms with Gasteiger partial charge in [-0.25, -0.2) is 9.78 Å². The second-order valence-electron chi connectivity index (χ2n) is 6.50. The highest BCUT2D eigenvalue weighted by Crippen LogP contribution is 2.30. The Morgan fingerprint density at radius 2 is 2.17 bits per heavy atom. The molecule has 0 spiro atoms. The van der Waals surface area contributed by atoms with E-state index in [9.17, 15) is 14.7 Å². The van der Waals surface area contributed by atoms with Gasteiger partial charge in [0.05, 0.1) is 6.54 Å². The van der Waals surface area contributed by atoms with Crippen molar-refractivity contribution in [1.82, 2.24) is 14.5 Å². The number of carbonyl (C=O) groups is 1. The molecule has 23 heavy (non-hydrogen) atoms. The first-order valence-electron chi connectivity index (χ1n) is 8.12. The molecule has 2 aromatic rings. The lowest BCUT2D eigenvalue weighted by Gasteiger charge is -2.30. The lowest BCUT2D eigenvalue weighted by Crippen LogP contribution is -2.40. The third-order valence-electron chi connectivity index (χ3n) is 5.15. The minimum Gasteiger partial charge on any atom is -0.465 e. The molecule has 6 nitrogen and oxygen atoms in total. The van der Waals surface area contributed by atoms with E-state index in [1.165, 1.54) is 11.3 Å². The van der Waals surface area contributed by atoms with Gasteiger partial charge in [-0.2, -0.15) is 0 Å². The van der Waals surface area contributed by atoms with E-state index in [1.54, 1.807) is 10.8 Å². The van der Waals surface area contributed by atoms with Gasteiger partial charge in [0, 0.05) is 30.2 Å². The zero-order valence-electron chi connectivity index (χ0n) is 12.9. The molecular formula is C17H19N3O3. The van der Waals surface area contributed by atoms with Crippen LogP contribution < -0.4 is 5.56 Å². The third-order valence-corrected chi connectivity index (χ3v) is 5.15. The van der Waals surface area contributed by atoms with Crippen molar-refractivity contribution in [3.8, 4) is 0 Å². The molecule has 0 unspecified atom stereocenters. The van der Waals surface area contributed by atoms with Crippen molar-refractivity contribution in [3.05, 3.63) is 39.8 Å². The van der Waals surface area contributed by atoms with Crippen LogP contribution in [0.25, 0.3) is 11.0 Å². The molecule has 1 aliphatic carbocycles. The highest BCUT2D eigenvalue weighted by Gasteiger charge is 2.27. The van der Waals surface area contributed by atoms with Crippen LogP contribution in [0.4, 0.5) is 4.79 Å². The summed E-state index contributed by atoms with van der Waals surface area (Å²) < 4.78 is 1.77. The van der Waals surface area contributed by atoms with Gasteiger partial charge >= 0.3 is 6.09 Å². The molecule has 0 aromatic carbocycles. The largest absolute Gasteiger partial charge is 0.465 e. The maximum absolute atomic E-state index is 13.0. The number of aromatic nitrogens is 2. The molecule has 2 aromatic heterocycles. The highest BCUT2D eigenvalue weighted by atomic mass is 16.4. The second-order valence-corrected chi connectivity index (χ2v) is 6.50. The van der Waals surface area contributed by atoms with E-state index in [4.69, 9.17) is 0 Å². The lowest BCUT2D eigenvalue weighted by molar-refractivity contribution is 0.139. The van der Waals surface area contributed by atoms with Gasteiger partial charge < -0.3 is 10.0 Å². The van der Waals surface area contributed by atoms with Gasteiger partial charge in [0.1, 0.15) is 5.65 Å². The standard InChI is InChI=1S/C17H19N3O3/c21-16-14-10-19(17(22)23)8-6-12(14)13-5-2-7-18-15(13)20(16)9-11-3-1-4-11/h2,5,7,11H,1,3-4,6,8-10H2,(H,22,23). The van der Waals surface area contributed by atoms with Crippen LogP contribution in [0.5, 0.6) is 0 Å². The van der Waals surface area contributed by atoms with Crippen molar-refractivity contribution in [2.75, 3.05) is 6.54 Å². The van der Waals surface area contributed by atoms with Crippen molar-refractivity contribution in [1.29, 1.82) is 0 Å². The normalized spacial score (nSPS) is 17.8. The Hall–Kier alpha value is -2.37. The Balaban J connectivity index is 1.89. The summed E-state index contributed by atoms with van der Waals surface area (Å²) in [6, 6.07) is 3.87. The summed E-state index contributed by atoms with van der Waals surface area (Å²) in [6.07, 6.45) is 4.86. The van der Waals surface area contributed by atoms with Crippen LogP contribution in [0.15, 0.2) is 23.1 Å². The molecule has 2 aliphatic rings. The first-order valence-corrected chi connectivity index (χ1v) is 8.12. The zero-order valence-corrected chi connectivity index (χ0v) is 12.9. The zero-order chi connectivity index (χ0) is 16.0. The van der Waals surface area contributed by atoms with E-state index >= 15 is 0 Å². The van der Waals surface area contributed by atoms with E-state index in [1.807, 2.05) is 12.1 Å². The summed E-state index contributed by atoms with van der Waals surface area (Å²) in [5, 5.41) is 10.2. The maximum Gasteiger partial charge on any atom is 0.407 e. The Morgan fingerprint density at radius 3 is 2.87 bits per heavy atom. The lowest BCUT2D eigenvalue weighted by atomic mass is 9.85. The minimum absolute atomic E-state index is 0.0657. The molecule has 1 aliphatic heterocycles. The Morgan fingerprint density at radius 1 is 1.35 bits per heavy atom. The van der Waals surface area contributed by atoms with Crippen LogP contribution in [0.2, 0.25) is 0 Å². The SMILES string of the molecule is O=C(O)N1CCc2c(c(=O)n(CC3CCC3)c3ncccc23)C1. The molecule has 1 fully saturated rings. The highest BCUT2D eigenvalue weighted by molar-refractivity contribution is 5.81. The molecular weight excluding hydrogens is 294 g/mol. The van der Waals surface area contributed by atoms with Gasteiger partial charge in [-0.3, -0.25) is 9.36 Å². The summed E-state index contributed by atoms with van der Waals surface area (Å²) in [5.74, 6) is 0.537. The Bertz CT molecular complexity index is 839. The quantitative estimate of drug-likeness (QED) is 0.922. The summed E-state index contributed by atoms with van der Waals surface area (Å²) in [4.78, 5) is 30.0. The van der Waals surface area contributed by atoms with Crippen molar-refractivity contribution < 1.29 is 9.90 Å². The first-order chi connectivity index (χ1) is 11.1. The predicted molar refractivity (Wildman–Crippen MR) is 85.5 cm³/mol. The topological polar surface area (TPSA) is 75.4 Å². The molecule has 0 radical (unpaired) electrons. The number of nitrogens with zero attached hydrogens (tertiary/aromatic N) is 3. The molecule has 1 amide bonds. The molecule has 4 rings (SSSR count).